The van der Waals surface area contributed by atoms with Crippen molar-refractivity contribution in [2.75, 3.05) is 18.9 Å². The van der Waals surface area contributed by atoms with E-state index in [1.54, 1.807) is 24.3 Å². The van der Waals surface area contributed by atoms with Gasteiger partial charge in [0.15, 0.2) is 6.61 Å². The second-order valence-electron chi connectivity index (χ2n) is 4.77. The number of aliphatic hydroxyl groups excluding tert-OH is 1. The van der Waals surface area contributed by atoms with E-state index in [4.69, 9.17) is 10.5 Å². The van der Waals surface area contributed by atoms with Crippen LogP contribution in [0.1, 0.15) is 26.7 Å². The van der Waals surface area contributed by atoms with Crippen molar-refractivity contribution in [3.05, 3.63) is 24.3 Å². The molecule has 0 aromatic heterocycles. The molecule has 0 heterocycles. The molecule has 0 radical (unpaired) electrons. The number of rotatable bonds is 8. The van der Waals surface area contributed by atoms with Crippen molar-refractivity contribution in [3.63, 3.8) is 0 Å². The van der Waals surface area contributed by atoms with Gasteiger partial charge in [-0.05, 0) is 18.1 Å². The highest BCUT2D eigenvalue weighted by atomic mass is 16.5. The zero-order chi connectivity index (χ0) is 15.0. The summed E-state index contributed by atoms with van der Waals surface area (Å²) >= 11 is 0. The number of benzene rings is 1. The Morgan fingerprint density at radius 1 is 1.35 bits per heavy atom. The maximum Gasteiger partial charge on any atom is 0.258 e. The minimum atomic E-state index is -0.518. The van der Waals surface area contributed by atoms with E-state index in [0.717, 1.165) is 12.8 Å². The van der Waals surface area contributed by atoms with E-state index < -0.39 is 6.10 Å². The van der Waals surface area contributed by atoms with Crippen LogP contribution in [0.4, 0.5) is 5.69 Å². The fourth-order valence-electron chi connectivity index (χ4n) is 2.02. The highest BCUT2D eigenvalue weighted by Crippen LogP contribution is 2.19. The number of ether oxygens (including phenoxy) is 1. The molecule has 1 amide bonds. The van der Waals surface area contributed by atoms with Gasteiger partial charge in [-0.2, -0.15) is 0 Å². The number of para-hydroxylation sites is 2. The van der Waals surface area contributed by atoms with Gasteiger partial charge in [0.1, 0.15) is 5.75 Å². The summed E-state index contributed by atoms with van der Waals surface area (Å²) in [5.74, 6) is 0.433. The maximum atomic E-state index is 11.6. The highest BCUT2D eigenvalue weighted by molar-refractivity contribution is 5.77. The molecule has 1 aromatic rings. The molecule has 0 spiro atoms. The van der Waals surface area contributed by atoms with Gasteiger partial charge in [0.2, 0.25) is 0 Å². The standard InChI is InChI=1S/C15H24N2O3/c1-3-11(4-2)13(18)9-17-15(19)10-20-14-8-6-5-7-12(14)16/h5-8,11,13,18H,3-4,9-10,16H2,1-2H3,(H,17,19). The molecule has 0 bridgehead atoms. The fourth-order valence-corrected chi connectivity index (χ4v) is 2.02. The number of hydrogen-bond acceptors (Lipinski definition) is 4. The molecule has 20 heavy (non-hydrogen) atoms. The largest absolute Gasteiger partial charge is 0.482 e. The van der Waals surface area contributed by atoms with Crippen molar-refractivity contribution < 1.29 is 14.6 Å². The average Bonchev–Trinajstić information content (AvgIpc) is 2.45. The van der Waals surface area contributed by atoms with Gasteiger partial charge >= 0.3 is 0 Å². The lowest BCUT2D eigenvalue weighted by molar-refractivity contribution is -0.123. The van der Waals surface area contributed by atoms with Gasteiger partial charge < -0.3 is 20.9 Å². The Balaban J connectivity index is 2.32. The molecule has 0 fully saturated rings. The van der Waals surface area contributed by atoms with Crippen LogP contribution in [0.3, 0.4) is 0 Å². The van der Waals surface area contributed by atoms with Crippen LogP contribution in [0.5, 0.6) is 5.75 Å². The first-order valence-electron chi connectivity index (χ1n) is 7.00. The summed E-state index contributed by atoms with van der Waals surface area (Å²) in [5, 5.41) is 12.6. The third kappa shape index (κ3) is 5.09. The summed E-state index contributed by atoms with van der Waals surface area (Å²) in [5.41, 5.74) is 6.21. The molecule has 1 atom stereocenters. The molecular weight excluding hydrogens is 256 g/mol. The van der Waals surface area contributed by atoms with Crippen molar-refractivity contribution in [3.8, 4) is 5.75 Å². The molecule has 0 saturated heterocycles. The summed E-state index contributed by atoms with van der Waals surface area (Å²) in [7, 11) is 0. The Hall–Kier alpha value is -1.75. The van der Waals surface area contributed by atoms with Crippen LogP contribution < -0.4 is 15.8 Å². The maximum absolute atomic E-state index is 11.6. The van der Waals surface area contributed by atoms with E-state index in [-0.39, 0.29) is 25.0 Å². The zero-order valence-electron chi connectivity index (χ0n) is 12.1. The predicted octanol–water partition coefficient (Wildman–Crippen LogP) is 1.56. The number of carbonyl (C=O) groups excluding carboxylic acids is 1. The van der Waals surface area contributed by atoms with Crippen LogP contribution >= 0.6 is 0 Å². The van der Waals surface area contributed by atoms with Crippen LogP contribution in [-0.2, 0) is 4.79 Å². The number of aliphatic hydroxyl groups is 1. The van der Waals surface area contributed by atoms with E-state index in [9.17, 15) is 9.90 Å². The smallest absolute Gasteiger partial charge is 0.258 e. The van der Waals surface area contributed by atoms with E-state index in [1.807, 2.05) is 13.8 Å². The van der Waals surface area contributed by atoms with Gasteiger partial charge in [-0.3, -0.25) is 4.79 Å². The molecule has 1 unspecified atom stereocenters. The molecule has 5 nitrogen and oxygen atoms in total. The number of anilines is 1. The highest BCUT2D eigenvalue weighted by Gasteiger charge is 2.16. The molecule has 0 aliphatic carbocycles. The van der Waals surface area contributed by atoms with Crippen molar-refractivity contribution in [2.45, 2.75) is 32.8 Å². The second kappa shape index (κ2) is 8.43. The molecule has 0 aliphatic rings. The molecule has 5 heteroatoms. The van der Waals surface area contributed by atoms with Gasteiger partial charge in [0, 0.05) is 6.54 Å². The topological polar surface area (TPSA) is 84.6 Å². The number of nitrogen functional groups attached to an aromatic ring is 1. The first kappa shape index (κ1) is 16.3. The molecule has 1 rings (SSSR count). The first-order valence-corrected chi connectivity index (χ1v) is 7.00. The average molecular weight is 280 g/mol. The second-order valence-corrected chi connectivity index (χ2v) is 4.77. The SMILES string of the molecule is CCC(CC)C(O)CNC(=O)COc1ccccc1N. The van der Waals surface area contributed by atoms with Gasteiger partial charge in [-0.15, -0.1) is 0 Å². The molecular formula is C15H24N2O3. The molecule has 0 aliphatic heterocycles. The number of hydrogen-bond donors (Lipinski definition) is 3. The molecule has 0 saturated carbocycles. The third-order valence-electron chi connectivity index (χ3n) is 3.38. The van der Waals surface area contributed by atoms with E-state index in [0.29, 0.717) is 11.4 Å². The summed E-state index contributed by atoms with van der Waals surface area (Å²) < 4.78 is 5.33. The van der Waals surface area contributed by atoms with Crippen molar-refractivity contribution in [1.82, 2.24) is 5.32 Å². The Morgan fingerprint density at radius 2 is 2.00 bits per heavy atom. The van der Waals surface area contributed by atoms with Gasteiger partial charge in [0.25, 0.3) is 5.91 Å². The lowest BCUT2D eigenvalue weighted by atomic mass is 9.97. The van der Waals surface area contributed by atoms with Crippen LogP contribution in [0.15, 0.2) is 24.3 Å². The normalized spacial score (nSPS) is 12.2. The zero-order valence-corrected chi connectivity index (χ0v) is 12.1. The van der Waals surface area contributed by atoms with Crippen molar-refractivity contribution >= 4 is 11.6 Å². The van der Waals surface area contributed by atoms with Gasteiger partial charge in [-0.1, -0.05) is 38.8 Å². The van der Waals surface area contributed by atoms with Crippen LogP contribution in [0.25, 0.3) is 0 Å². The first-order chi connectivity index (χ1) is 9.58. The quantitative estimate of drug-likeness (QED) is 0.631. The molecule has 112 valence electrons. The Bertz CT molecular complexity index is 419. The number of amides is 1. The monoisotopic (exact) mass is 280 g/mol. The number of nitrogens with two attached hydrogens (primary N) is 1. The van der Waals surface area contributed by atoms with Crippen LogP contribution in [0.2, 0.25) is 0 Å². The third-order valence-corrected chi connectivity index (χ3v) is 3.38. The molecule has 4 N–H and O–H groups in total. The lowest BCUT2D eigenvalue weighted by Crippen LogP contribution is -2.38. The van der Waals surface area contributed by atoms with E-state index in [2.05, 4.69) is 5.32 Å². The van der Waals surface area contributed by atoms with Crippen LogP contribution in [0, 0.1) is 5.92 Å². The Labute approximate surface area is 120 Å². The summed E-state index contributed by atoms with van der Waals surface area (Å²) in [4.78, 5) is 11.6. The minimum absolute atomic E-state index is 0.107. The van der Waals surface area contributed by atoms with Crippen molar-refractivity contribution in [1.29, 1.82) is 0 Å². The molecule has 1 aromatic carbocycles. The van der Waals surface area contributed by atoms with Gasteiger partial charge in [0.05, 0.1) is 11.8 Å². The predicted molar refractivity (Wildman–Crippen MR) is 79.4 cm³/mol. The summed E-state index contributed by atoms with van der Waals surface area (Å²) in [6.45, 7) is 4.20. The van der Waals surface area contributed by atoms with Crippen LogP contribution in [-0.4, -0.2) is 30.3 Å². The fraction of sp³-hybridized carbons (Fsp3) is 0.533. The lowest BCUT2D eigenvalue weighted by Gasteiger charge is -2.20. The minimum Gasteiger partial charge on any atom is -0.482 e. The van der Waals surface area contributed by atoms with Gasteiger partial charge in [-0.25, -0.2) is 0 Å². The van der Waals surface area contributed by atoms with E-state index >= 15 is 0 Å². The summed E-state index contributed by atoms with van der Waals surface area (Å²) in [6, 6.07) is 7.01. The van der Waals surface area contributed by atoms with E-state index in [1.165, 1.54) is 0 Å². The number of carbonyl (C=O) groups is 1. The summed E-state index contributed by atoms with van der Waals surface area (Å²) in [6.07, 6.45) is 1.27. The Kier molecular flexibility index (Phi) is 6.87. The Morgan fingerprint density at radius 3 is 2.60 bits per heavy atom. The number of nitrogens with one attached hydrogen (secondary N) is 1. The van der Waals surface area contributed by atoms with Crippen molar-refractivity contribution in [2.24, 2.45) is 5.92 Å².